The van der Waals surface area contributed by atoms with Crippen LogP contribution in [0.2, 0.25) is 0 Å². The van der Waals surface area contributed by atoms with Crippen molar-refractivity contribution in [1.29, 1.82) is 0 Å². The van der Waals surface area contributed by atoms with Crippen molar-refractivity contribution >= 4 is 34.6 Å². The zero-order chi connectivity index (χ0) is 20.1. The third kappa shape index (κ3) is 4.50. The third-order valence-electron chi connectivity index (χ3n) is 4.79. The maximum atomic E-state index is 10.3. The molecule has 0 saturated carbocycles. The zero-order valence-corrected chi connectivity index (χ0v) is 16.9. The molecule has 4 aromatic carbocycles. The van der Waals surface area contributed by atoms with E-state index in [0.29, 0.717) is 0 Å². The van der Waals surface area contributed by atoms with E-state index in [0.717, 1.165) is 26.9 Å². The molecule has 4 heteroatoms. The fourth-order valence-electron chi connectivity index (χ4n) is 3.17. The number of benzene rings is 4. The van der Waals surface area contributed by atoms with E-state index in [2.05, 4.69) is 23.8 Å². The van der Waals surface area contributed by atoms with Gasteiger partial charge in [-0.1, -0.05) is 72.8 Å². The molecule has 0 heterocycles. The first kappa shape index (κ1) is 19.2. The highest BCUT2D eigenvalue weighted by atomic mass is 32.2. The van der Waals surface area contributed by atoms with Crippen molar-refractivity contribution in [3.63, 3.8) is 0 Å². The van der Waals surface area contributed by atoms with Crippen LogP contribution in [0, 0.1) is 0 Å². The Bertz CT molecular complexity index is 1140. The SMILES string of the molecule is CC(NSc1ccccc1/N=C/c1c(O)ccc2ccccc12)c1ccccc1. The predicted molar refractivity (Wildman–Crippen MR) is 123 cm³/mol. The summed E-state index contributed by atoms with van der Waals surface area (Å²) in [6.45, 7) is 2.14. The van der Waals surface area contributed by atoms with Gasteiger partial charge in [0.05, 0.1) is 5.69 Å². The van der Waals surface area contributed by atoms with Gasteiger partial charge in [-0.2, -0.15) is 0 Å². The van der Waals surface area contributed by atoms with Gasteiger partial charge in [0.25, 0.3) is 0 Å². The highest BCUT2D eigenvalue weighted by Gasteiger charge is 2.08. The monoisotopic (exact) mass is 398 g/mol. The van der Waals surface area contributed by atoms with Crippen LogP contribution in [0.15, 0.2) is 101 Å². The molecule has 144 valence electrons. The van der Waals surface area contributed by atoms with Crippen LogP contribution >= 0.6 is 11.9 Å². The molecule has 3 nitrogen and oxygen atoms in total. The molecule has 0 spiro atoms. The summed E-state index contributed by atoms with van der Waals surface area (Å²) in [6, 6.07) is 30.2. The lowest BCUT2D eigenvalue weighted by Gasteiger charge is -2.14. The van der Waals surface area contributed by atoms with Gasteiger partial charge in [-0.15, -0.1) is 0 Å². The number of hydrogen-bond acceptors (Lipinski definition) is 4. The molecule has 2 N–H and O–H groups in total. The van der Waals surface area contributed by atoms with Gasteiger partial charge in [-0.25, -0.2) is 0 Å². The summed E-state index contributed by atoms with van der Waals surface area (Å²) in [4.78, 5) is 5.73. The minimum Gasteiger partial charge on any atom is -0.507 e. The van der Waals surface area contributed by atoms with Crippen molar-refractivity contribution in [1.82, 2.24) is 4.72 Å². The zero-order valence-electron chi connectivity index (χ0n) is 16.1. The molecule has 0 aromatic heterocycles. The molecule has 0 amide bonds. The van der Waals surface area contributed by atoms with Crippen LogP contribution in [0.1, 0.15) is 24.1 Å². The van der Waals surface area contributed by atoms with Gasteiger partial charge in [0.15, 0.2) is 0 Å². The molecule has 29 heavy (non-hydrogen) atoms. The number of phenolic OH excluding ortho intramolecular Hbond substituents is 1. The van der Waals surface area contributed by atoms with Gasteiger partial charge in [-0.3, -0.25) is 9.71 Å². The highest BCUT2D eigenvalue weighted by Crippen LogP contribution is 2.31. The van der Waals surface area contributed by atoms with Crippen LogP contribution in [0.25, 0.3) is 10.8 Å². The summed E-state index contributed by atoms with van der Waals surface area (Å²) < 4.78 is 3.49. The van der Waals surface area contributed by atoms with E-state index in [9.17, 15) is 5.11 Å². The van der Waals surface area contributed by atoms with E-state index < -0.39 is 0 Å². The normalized spacial score (nSPS) is 12.4. The first-order valence-electron chi connectivity index (χ1n) is 9.53. The lowest BCUT2D eigenvalue weighted by Crippen LogP contribution is -2.09. The molecule has 0 radical (unpaired) electrons. The lowest BCUT2D eigenvalue weighted by atomic mass is 10.0. The second kappa shape index (κ2) is 8.95. The number of nitrogens with one attached hydrogen (secondary N) is 1. The van der Waals surface area contributed by atoms with Gasteiger partial charge in [0, 0.05) is 22.7 Å². The number of rotatable bonds is 6. The highest BCUT2D eigenvalue weighted by molar-refractivity contribution is 7.97. The maximum Gasteiger partial charge on any atom is 0.124 e. The third-order valence-corrected chi connectivity index (χ3v) is 5.83. The molecule has 0 aliphatic carbocycles. The largest absolute Gasteiger partial charge is 0.507 e. The van der Waals surface area contributed by atoms with E-state index in [-0.39, 0.29) is 11.8 Å². The Morgan fingerprint density at radius 3 is 2.45 bits per heavy atom. The fourth-order valence-corrected chi connectivity index (χ4v) is 3.98. The van der Waals surface area contributed by atoms with Gasteiger partial charge in [-0.05, 0) is 53.4 Å². The van der Waals surface area contributed by atoms with Crippen LogP contribution in [-0.4, -0.2) is 11.3 Å². The second-order valence-electron chi connectivity index (χ2n) is 6.80. The van der Waals surface area contributed by atoms with Crippen LogP contribution in [-0.2, 0) is 0 Å². The van der Waals surface area contributed by atoms with Crippen LogP contribution in [0.3, 0.4) is 0 Å². The number of aromatic hydroxyl groups is 1. The number of aliphatic imine (C=N–C) groups is 1. The fraction of sp³-hybridized carbons (Fsp3) is 0.0800. The minimum absolute atomic E-state index is 0.209. The first-order chi connectivity index (χ1) is 14.2. The topological polar surface area (TPSA) is 44.6 Å². The number of phenols is 1. The summed E-state index contributed by atoms with van der Waals surface area (Å²) in [5.41, 5.74) is 2.83. The quantitative estimate of drug-likeness (QED) is 0.282. The van der Waals surface area contributed by atoms with Gasteiger partial charge >= 0.3 is 0 Å². The minimum atomic E-state index is 0.209. The van der Waals surface area contributed by atoms with Gasteiger partial charge < -0.3 is 5.11 Å². The molecule has 1 unspecified atom stereocenters. The molecular formula is C25H22N2OS. The number of fused-ring (bicyclic) bond motifs is 1. The van der Waals surface area contributed by atoms with Gasteiger partial charge in [0.2, 0.25) is 0 Å². The van der Waals surface area contributed by atoms with Crippen LogP contribution < -0.4 is 4.72 Å². The Morgan fingerprint density at radius 1 is 0.862 bits per heavy atom. The molecule has 1 atom stereocenters. The van der Waals surface area contributed by atoms with E-state index in [1.807, 2.05) is 72.8 Å². The molecule has 0 aliphatic heterocycles. The summed E-state index contributed by atoms with van der Waals surface area (Å²) in [5.74, 6) is 0.230. The summed E-state index contributed by atoms with van der Waals surface area (Å²) in [6.07, 6.45) is 1.75. The Morgan fingerprint density at radius 2 is 1.59 bits per heavy atom. The predicted octanol–water partition coefficient (Wildman–Crippen LogP) is 6.65. The Hall–Kier alpha value is -3.08. The van der Waals surface area contributed by atoms with Crippen LogP contribution in [0.5, 0.6) is 5.75 Å². The van der Waals surface area contributed by atoms with Crippen molar-refractivity contribution in [3.05, 3.63) is 102 Å². The van der Waals surface area contributed by atoms with Crippen molar-refractivity contribution in [2.45, 2.75) is 17.9 Å². The first-order valence-corrected chi connectivity index (χ1v) is 10.3. The van der Waals surface area contributed by atoms with E-state index >= 15 is 0 Å². The molecule has 0 bridgehead atoms. The van der Waals surface area contributed by atoms with E-state index in [1.54, 1.807) is 24.2 Å². The number of nitrogens with zero attached hydrogens (tertiary/aromatic N) is 1. The smallest absolute Gasteiger partial charge is 0.124 e. The second-order valence-corrected chi connectivity index (χ2v) is 7.68. The van der Waals surface area contributed by atoms with Crippen molar-refractivity contribution in [2.75, 3.05) is 0 Å². The molecule has 0 fully saturated rings. The molecular weight excluding hydrogens is 376 g/mol. The van der Waals surface area contributed by atoms with Crippen molar-refractivity contribution in [2.24, 2.45) is 4.99 Å². The summed E-state index contributed by atoms with van der Waals surface area (Å²) in [5, 5.41) is 12.4. The standard InChI is InChI=1S/C25H22N2OS/c1-18(19-9-3-2-4-10-19)27-29-25-14-8-7-13-23(25)26-17-22-21-12-6-5-11-20(21)15-16-24(22)28/h2-18,27-28H,1H3/b26-17+. The summed E-state index contributed by atoms with van der Waals surface area (Å²) >= 11 is 1.57. The Kier molecular flexibility index (Phi) is 5.94. The van der Waals surface area contributed by atoms with Crippen LogP contribution in [0.4, 0.5) is 5.69 Å². The molecule has 0 aliphatic rings. The molecule has 0 saturated heterocycles. The molecule has 4 rings (SSSR count). The maximum absolute atomic E-state index is 10.3. The Balaban J connectivity index is 1.57. The summed E-state index contributed by atoms with van der Waals surface area (Å²) in [7, 11) is 0. The molecule has 4 aromatic rings. The van der Waals surface area contributed by atoms with Gasteiger partial charge in [0.1, 0.15) is 5.75 Å². The van der Waals surface area contributed by atoms with E-state index in [4.69, 9.17) is 4.99 Å². The average Bonchev–Trinajstić information content (AvgIpc) is 2.78. The van der Waals surface area contributed by atoms with Crippen molar-refractivity contribution in [3.8, 4) is 5.75 Å². The average molecular weight is 399 g/mol. The van der Waals surface area contributed by atoms with E-state index in [1.165, 1.54) is 5.56 Å². The number of hydrogen-bond donors (Lipinski definition) is 2. The Labute approximate surface area is 175 Å². The number of para-hydroxylation sites is 1. The van der Waals surface area contributed by atoms with Crippen molar-refractivity contribution < 1.29 is 5.11 Å². The lowest BCUT2D eigenvalue weighted by molar-refractivity contribution is 0.475.